The minimum Gasteiger partial charge on any atom is -0.350 e. The summed E-state index contributed by atoms with van der Waals surface area (Å²) in [6.45, 7) is 1.28. The van der Waals surface area contributed by atoms with Crippen molar-refractivity contribution in [3.8, 4) is 0 Å². The fraction of sp³-hybridized carbons (Fsp3) is 1.00. The van der Waals surface area contributed by atoms with E-state index in [0.29, 0.717) is 13.8 Å². The van der Waals surface area contributed by atoms with Gasteiger partial charge >= 0.3 is 12.4 Å². The summed E-state index contributed by atoms with van der Waals surface area (Å²) in [4.78, 5) is 0. The number of hydrogen-bond donors (Lipinski definition) is 0. The Hall–Kier alpha value is 0.700. The summed E-state index contributed by atoms with van der Waals surface area (Å²) in [5.74, 6) is 0. The second kappa shape index (κ2) is 5.83. The number of alkyl halides is 10. The zero-order chi connectivity index (χ0) is 15.9. The summed E-state index contributed by atoms with van der Waals surface area (Å²) in [7, 11) is 0. The molecular weight excluding hydrogens is 368 g/mol. The van der Waals surface area contributed by atoms with E-state index in [4.69, 9.17) is 46.4 Å². The summed E-state index contributed by atoms with van der Waals surface area (Å²) >= 11 is 20.8. The van der Waals surface area contributed by atoms with E-state index in [1.807, 2.05) is 0 Å². The van der Waals surface area contributed by atoms with E-state index in [2.05, 4.69) is 4.74 Å². The van der Waals surface area contributed by atoms with Gasteiger partial charge in [0.2, 0.25) is 0 Å². The van der Waals surface area contributed by atoms with Crippen LogP contribution in [0, 0.1) is 0 Å². The van der Waals surface area contributed by atoms with Crippen LogP contribution in [0.3, 0.4) is 0 Å². The Morgan fingerprint density at radius 2 is 0.895 bits per heavy atom. The Kier molecular flexibility index (Phi) is 6.04. The topological polar surface area (TPSA) is 9.23 Å². The molecule has 0 aromatic heterocycles. The predicted octanol–water partition coefficient (Wildman–Crippen LogP) is 5.25. The number of rotatable bonds is 4. The Bertz CT molecular complexity index is 244. The standard InChI is InChI=1S/C8H8Cl4F6O/c1-5(9,10)3(7(13,14)15)19-4(6(2,11)12)8(16,17)18/h3-4H,1-2H3. The number of hydrogen-bond acceptors (Lipinski definition) is 1. The van der Waals surface area contributed by atoms with Gasteiger partial charge in [-0.3, -0.25) is 0 Å². The van der Waals surface area contributed by atoms with Crippen molar-refractivity contribution in [2.24, 2.45) is 0 Å². The molecule has 0 rings (SSSR count). The molecule has 0 spiro atoms. The van der Waals surface area contributed by atoms with Gasteiger partial charge in [-0.25, -0.2) is 0 Å². The molecule has 19 heavy (non-hydrogen) atoms. The lowest BCUT2D eigenvalue weighted by Crippen LogP contribution is -2.53. The summed E-state index contributed by atoms with van der Waals surface area (Å²) in [5.41, 5.74) is 0. The summed E-state index contributed by atoms with van der Waals surface area (Å²) in [6, 6.07) is 0. The average Bonchev–Trinajstić information content (AvgIpc) is 1.91. The van der Waals surface area contributed by atoms with E-state index < -0.39 is 33.2 Å². The first kappa shape index (κ1) is 19.7. The van der Waals surface area contributed by atoms with Crippen molar-refractivity contribution in [2.75, 3.05) is 0 Å². The Labute approximate surface area is 125 Å². The molecule has 1 nitrogen and oxygen atoms in total. The molecule has 0 heterocycles. The van der Waals surface area contributed by atoms with Crippen LogP contribution >= 0.6 is 46.4 Å². The largest absolute Gasteiger partial charge is 0.417 e. The van der Waals surface area contributed by atoms with Crippen LogP contribution < -0.4 is 0 Å². The fourth-order valence-electron chi connectivity index (χ4n) is 1.10. The first-order valence-electron chi connectivity index (χ1n) is 4.52. The SMILES string of the molecule is CC(Cl)(Cl)C(OC(C(F)(F)F)C(C)(Cl)Cl)C(F)(F)F. The van der Waals surface area contributed by atoms with Crippen LogP contribution in [-0.2, 0) is 4.74 Å². The molecule has 0 radical (unpaired) electrons. The van der Waals surface area contributed by atoms with Crippen molar-refractivity contribution in [2.45, 2.75) is 47.1 Å². The maximum absolute atomic E-state index is 12.6. The molecule has 0 fully saturated rings. The average molecular weight is 376 g/mol. The molecule has 0 aliphatic carbocycles. The zero-order valence-corrected chi connectivity index (χ0v) is 12.4. The maximum atomic E-state index is 12.6. The molecule has 116 valence electrons. The molecular formula is C8H8Cl4F6O. The predicted molar refractivity (Wildman–Crippen MR) is 61.0 cm³/mol. The van der Waals surface area contributed by atoms with Crippen molar-refractivity contribution < 1.29 is 31.1 Å². The number of ether oxygens (including phenoxy) is 1. The summed E-state index contributed by atoms with van der Waals surface area (Å²) in [5, 5.41) is 0. The van der Waals surface area contributed by atoms with Crippen LogP contribution in [0.25, 0.3) is 0 Å². The molecule has 2 unspecified atom stereocenters. The van der Waals surface area contributed by atoms with Crippen LogP contribution in [0.5, 0.6) is 0 Å². The molecule has 0 aromatic rings. The Morgan fingerprint density at radius 3 is 1.00 bits per heavy atom. The molecule has 0 amide bonds. The van der Waals surface area contributed by atoms with E-state index >= 15 is 0 Å². The van der Waals surface area contributed by atoms with Gasteiger partial charge < -0.3 is 4.74 Å². The van der Waals surface area contributed by atoms with E-state index in [0.717, 1.165) is 0 Å². The van der Waals surface area contributed by atoms with Gasteiger partial charge in [-0.2, -0.15) is 26.3 Å². The van der Waals surface area contributed by atoms with Gasteiger partial charge in [0.05, 0.1) is 0 Å². The van der Waals surface area contributed by atoms with Crippen molar-refractivity contribution in [1.29, 1.82) is 0 Å². The lowest BCUT2D eigenvalue weighted by Gasteiger charge is -2.36. The van der Waals surface area contributed by atoms with Crippen molar-refractivity contribution >= 4 is 46.4 Å². The van der Waals surface area contributed by atoms with Crippen molar-refractivity contribution in [1.82, 2.24) is 0 Å². The van der Waals surface area contributed by atoms with Crippen molar-refractivity contribution in [3.05, 3.63) is 0 Å². The lowest BCUT2D eigenvalue weighted by molar-refractivity contribution is -0.289. The zero-order valence-electron chi connectivity index (χ0n) is 9.34. The first-order chi connectivity index (χ1) is 7.97. The highest BCUT2D eigenvalue weighted by atomic mass is 35.5. The normalized spacial score (nSPS) is 18.3. The molecule has 0 aliphatic heterocycles. The molecule has 0 aromatic carbocycles. The Morgan fingerprint density at radius 1 is 0.684 bits per heavy atom. The van der Waals surface area contributed by atoms with Gasteiger partial charge in [-0.05, 0) is 13.8 Å². The molecule has 0 bridgehead atoms. The van der Waals surface area contributed by atoms with E-state index in [9.17, 15) is 26.3 Å². The molecule has 0 saturated carbocycles. The minimum absolute atomic E-state index is 0.640. The van der Waals surface area contributed by atoms with Gasteiger partial charge in [0, 0.05) is 0 Å². The Balaban J connectivity index is 5.43. The first-order valence-corrected chi connectivity index (χ1v) is 6.03. The molecule has 2 atom stereocenters. The van der Waals surface area contributed by atoms with E-state index in [-0.39, 0.29) is 0 Å². The highest BCUT2D eigenvalue weighted by molar-refractivity contribution is 6.49. The van der Waals surface area contributed by atoms with Crippen LogP contribution in [0.15, 0.2) is 0 Å². The van der Waals surface area contributed by atoms with Crippen LogP contribution in [-0.4, -0.2) is 33.2 Å². The van der Waals surface area contributed by atoms with E-state index in [1.54, 1.807) is 0 Å². The van der Waals surface area contributed by atoms with Gasteiger partial charge in [0.25, 0.3) is 0 Å². The van der Waals surface area contributed by atoms with Crippen LogP contribution in [0.2, 0.25) is 0 Å². The quantitative estimate of drug-likeness (QED) is 0.481. The second-order valence-corrected chi connectivity index (χ2v) is 7.42. The minimum atomic E-state index is -5.24. The molecule has 0 N–H and O–H groups in total. The summed E-state index contributed by atoms with van der Waals surface area (Å²) in [6.07, 6.45) is -16.7. The van der Waals surface area contributed by atoms with Gasteiger partial charge in [0.1, 0.15) is 8.67 Å². The number of halogens is 10. The third-order valence-corrected chi connectivity index (χ3v) is 2.58. The third kappa shape index (κ3) is 6.33. The van der Waals surface area contributed by atoms with Crippen LogP contribution in [0.1, 0.15) is 13.8 Å². The van der Waals surface area contributed by atoms with Crippen LogP contribution in [0.4, 0.5) is 26.3 Å². The lowest BCUT2D eigenvalue weighted by atomic mass is 10.2. The highest BCUT2D eigenvalue weighted by Crippen LogP contribution is 2.44. The maximum Gasteiger partial charge on any atom is 0.417 e. The van der Waals surface area contributed by atoms with Gasteiger partial charge in [-0.1, -0.05) is 46.4 Å². The van der Waals surface area contributed by atoms with Crippen molar-refractivity contribution in [3.63, 3.8) is 0 Å². The highest BCUT2D eigenvalue weighted by Gasteiger charge is 2.59. The molecule has 11 heteroatoms. The van der Waals surface area contributed by atoms with Gasteiger partial charge in [-0.15, -0.1) is 0 Å². The van der Waals surface area contributed by atoms with E-state index in [1.165, 1.54) is 0 Å². The second-order valence-electron chi connectivity index (χ2n) is 3.89. The van der Waals surface area contributed by atoms with Gasteiger partial charge in [0.15, 0.2) is 12.2 Å². The molecule has 0 saturated heterocycles. The fourth-order valence-corrected chi connectivity index (χ4v) is 1.80. The summed E-state index contributed by atoms with van der Waals surface area (Å²) < 4.78 is 74.3. The smallest absolute Gasteiger partial charge is 0.350 e. The monoisotopic (exact) mass is 374 g/mol. The third-order valence-electron chi connectivity index (χ3n) is 1.79. The molecule has 0 aliphatic rings.